The summed E-state index contributed by atoms with van der Waals surface area (Å²) in [6.07, 6.45) is 1.70. The van der Waals surface area contributed by atoms with Gasteiger partial charge in [0.05, 0.1) is 12.6 Å². The number of hydrogen-bond donors (Lipinski definition) is 0. The van der Waals surface area contributed by atoms with E-state index in [1.54, 1.807) is 20.8 Å². The maximum Gasteiger partial charge on any atom is 0.318 e. The number of carboxylic acid groups (broad SMARTS) is 1. The number of carbonyl (C=O) groups excluding carboxylic acids is 2. The Hall–Kier alpha value is -1.06. The van der Waals surface area contributed by atoms with Crippen LogP contribution in [0.1, 0.15) is 47.0 Å². The van der Waals surface area contributed by atoms with E-state index in [0.29, 0.717) is 6.42 Å². The molecule has 0 saturated carbocycles. The van der Waals surface area contributed by atoms with Crippen molar-refractivity contribution in [3.8, 4) is 0 Å². The summed E-state index contributed by atoms with van der Waals surface area (Å²) in [4.78, 5) is 23.1. The maximum absolute atomic E-state index is 11.8. The monoisotopic (exact) mass is 229 g/mol. The molecule has 94 valence electrons. The van der Waals surface area contributed by atoms with Gasteiger partial charge >= 0.3 is 5.97 Å². The van der Waals surface area contributed by atoms with Gasteiger partial charge in [0.1, 0.15) is 5.41 Å². The Balaban J connectivity index is 5.14. The quantitative estimate of drug-likeness (QED) is 0.485. The molecule has 0 spiro atoms. The lowest BCUT2D eigenvalue weighted by Gasteiger charge is -2.36. The molecule has 0 fully saturated rings. The van der Waals surface area contributed by atoms with Crippen LogP contribution < -0.4 is 5.11 Å². The van der Waals surface area contributed by atoms with E-state index in [0.717, 1.165) is 6.42 Å². The van der Waals surface area contributed by atoms with Crippen molar-refractivity contribution in [2.75, 3.05) is 6.61 Å². The fourth-order valence-corrected chi connectivity index (χ4v) is 2.06. The van der Waals surface area contributed by atoms with Gasteiger partial charge in [-0.15, -0.1) is 0 Å². The highest BCUT2D eigenvalue weighted by Crippen LogP contribution is 2.35. The molecular formula is C12H21O4-. The van der Waals surface area contributed by atoms with Gasteiger partial charge in [-0.2, -0.15) is 0 Å². The lowest BCUT2D eigenvalue weighted by molar-refractivity contribution is -0.321. The molecule has 0 aromatic rings. The Morgan fingerprint density at radius 2 is 1.88 bits per heavy atom. The second-order valence-corrected chi connectivity index (χ2v) is 4.02. The molecule has 0 aliphatic rings. The number of carboxylic acids is 1. The Morgan fingerprint density at radius 1 is 1.31 bits per heavy atom. The van der Waals surface area contributed by atoms with Crippen molar-refractivity contribution in [3.05, 3.63) is 0 Å². The zero-order chi connectivity index (χ0) is 12.8. The molecule has 4 nitrogen and oxygen atoms in total. The van der Waals surface area contributed by atoms with E-state index in [9.17, 15) is 14.7 Å². The van der Waals surface area contributed by atoms with Crippen LogP contribution in [0, 0.1) is 11.3 Å². The van der Waals surface area contributed by atoms with Crippen LogP contribution in [-0.2, 0) is 14.3 Å². The number of carbonyl (C=O) groups is 2. The molecule has 0 amide bonds. The minimum Gasteiger partial charge on any atom is -0.549 e. The largest absolute Gasteiger partial charge is 0.549 e. The molecule has 0 heterocycles. The number of ether oxygens (including phenoxy) is 1. The molecule has 0 aromatic carbocycles. The second-order valence-electron chi connectivity index (χ2n) is 4.02. The molecule has 4 heteroatoms. The van der Waals surface area contributed by atoms with Crippen molar-refractivity contribution in [1.82, 2.24) is 0 Å². The predicted octanol–water partition coefficient (Wildman–Crippen LogP) is 1.13. The van der Waals surface area contributed by atoms with Gasteiger partial charge < -0.3 is 14.6 Å². The predicted molar refractivity (Wildman–Crippen MR) is 58.4 cm³/mol. The van der Waals surface area contributed by atoms with E-state index in [4.69, 9.17) is 4.74 Å². The first-order valence-corrected chi connectivity index (χ1v) is 5.85. The molecule has 0 aliphatic heterocycles. The fraction of sp³-hybridized carbons (Fsp3) is 0.833. The van der Waals surface area contributed by atoms with E-state index < -0.39 is 17.4 Å². The summed E-state index contributed by atoms with van der Waals surface area (Å²) in [5.41, 5.74) is -1.49. The number of rotatable bonds is 7. The van der Waals surface area contributed by atoms with Crippen molar-refractivity contribution in [3.63, 3.8) is 0 Å². The Labute approximate surface area is 97.0 Å². The third kappa shape index (κ3) is 2.74. The Kier molecular flexibility index (Phi) is 6.08. The smallest absolute Gasteiger partial charge is 0.318 e. The average Bonchev–Trinajstić information content (AvgIpc) is 2.19. The highest BCUT2D eigenvalue weighted by molar-refractivity contribution is 5.98. The van der Waals surface area contributed by atoms with Crippen LogP contribution in [-0.4, -0.2) is 18.5 Å². The van der Waals surface area contributed by atoms with Crippen LogP contribution in [0.3, 0.4) is 0 Å². The highest BCUT2D eigenvalue weighted by atomic mass is 16.5. The van der Waals surface area contributed by atoms with Crippen molar-refractivity contribution < 1.29 is 19.4 Å². The molecular weight excluding hydrogens is 208 g/mol. The lowest BCUT2D eigenvalue weighted by Crippen LogP contribution is -2.52. The summed E-state index contributed by atoms with van der Waals surface area (Å²) in [7, 11) is 0. The highest BCUT2D eigenvalue weighted by Gasteiger charge is 2.44. The number of hydrogen-bond acceptors (Lipinski definition) is 4. The summed E-state index contributed by atoms with van der Waals surface area (Å²) in [5, 5.41) is 11.3. The normalized spacial score (nSPS) is 16.2. The molecule has 0 rings (SSSR count). The van der Waals surface area contributed by atoms with Gasteiger partial charge in [0, 0.05) is 0 Å². The minimum atomic E-state index is -1.49. The second kappa shape index (κ2) is 6.51. The van der Waals surface area contributed by atoms with E-state index in [-0.39, 0.29) is 18.9 Å². The summed E-state index contributed by atoms with van der Waals surface area (Å²) >= 11 is 0. The third-order valence-corrected chi connectivity index (χ3v) is 3.12. The van der Waals surface area contributed by atoms with E-state index in [2.05, 4.69) is 0 Å². The van der Waals surface area contributed by atoms with Crippen LogP contribution in [0.5, 0.6) is 0 Å². The van der Waals surface area contributed by atoms with Crippen LogP contribution in [0.15, 0.2) is 0 Å². The average molecular weight is 229 g/mol. The molecule has 16 heavy (non-hydrogen) atoms. The van der Waals surface area contributed by atoms with Gasteiger partial charge in [0.25, 0.3) is 0 Å². The van der Waals surface area contributed by atoms with Gasteiger partial charge in [-0.25, -0.2) is 0 Å². The molecule has 0 aliphatic carbocycles. The maximum atomic E-state index is 11.8. The Morgan fingerprint density at radius 3 is 2.19 bits per heavy atom. The molecule has 0 radical (unpaired) electrons. The molecule has 0 N–H and O–H groups in total. The molecule has 0 aromatic heterocycles. The lowest BCUT2D eigenvalue weighted by atomic mass is 9.72. The molecule has 0 bridgehead atoms. The van der Waals surface area contributed by atoms with E-state index in [1.807, 2.05) is 6.92 Å². The molecule has 0 saturated heterocycles. The topological polar surface area (TPSA) is 66.4 Å². The SMILES string of the molecule is CCCC(C)C(CC)(C(=O)[O-])C(=O)OCC. The standard InChI is InChI=1S/C12H22O4/c1-5-8-9(4)12(6-2,10(13)14)11(15)16-7-3/h9H,5-8H2,1-4H3,(H,13,14)/p-1. The summed E-state index contributed by atoms with van der Waals surface area (Å²) in [5.74, 6) is -2.26. The van der Waals surface area contributed by atoms with Gasteiger partial charge in [0.2, 0.25) is 0 Å². The van der Waals surface area contributed by atoms with Crippen molar-refractivity contribution in [2.45, 2.75) is 47.0 Å². The first-order chi connectivity index (χ1) is 7.47. The first-order valence-electron chi connectivity index (χ1n) is 5.85. The first kappa shape index (κ1) is 14.9. The van der Waals surface area contributed by atoms with Crippen LogP contribution >= 0.6 is 0 Å². The third-order valence-electron chi connectivity index (χ3n) is 3.12. The number of esters is 1. The Bertz CT molecular complexity index is 249. The summed E-state index contributed by atoms with van der Waals surface area (Å²) < 4.78 is 4.87. The van der Waals surface area contributed by atoms with Gasteiger partial charge in [-0.05, 0) is 25.7 Å². The van der Waals surface area contributed by atoms with E-state index >= 15 is 0 Å². The minimum absolute atomic E-state index is 0.187. The summed E-state index contributed by atoms with van der Waals surface area (Å²) in [6.45, 7) is 7.25. The van der Waals surface area contributed by atoms with Gasteiger partial charge in [0.15, 0.2) is 0 Å². The van der Waals surface area contributed by atoms with Crippen molar-refractivity contribution in [2.24, 2.45) is 11.3 Å². The van der Waals surface area contributed by atoms with E-state index in [1.165, 1.54) is 0 Å². The fourth-order valence-electron chi connectivity index (χ4n) is 2.06. The van der Waals surface area contributed by atoms with Crippen LogP contribution in [0.25, 0.3) is 0 Å². The van der Waals surface area contributed by atoms with Crippen LogP contribution in [0.4, 0.5) is 0 Å². The number of aliphatic carboxylic acids is 1. The zero-order valence-corrected chi connectivity index (χ0v) is 10.5. The zero-order valence-electron chi connectivity index (χ0n) is 10.5. The molecule has 2 atom stereocenters. The van der Waals surface area contributed by atoms with Crippen LogP contribution in [0.2, 0.25) is 0 Å². The van der Waals surface area contributed by atoms with Crippen molar-refractivity contribution >= 4 is 11.9 Å². The molecule has 2 unspecified atom stereocenters. The van der Waals surface area contributed by atoms with Crippen molar-refractivity contribution in [1.29, 1.82) is 0 Å². The van der Waals surface area contributed by atoms with Gasteiger partial charge in [-0.1, -0.05) is 27.2 Å². The van der Waals surface area contributed by atoms with Gasteiger partial charge in [-0.3, -0.25) is 4.79 Å². The summed E-state index contributed by atoms with van der Waals surface area (Å²) in [6, 6.07) is 0.